The fourth-order valence-electron chi connectivity index (χ4n) is 6.40. The summed E-state index contributed by atoms with van der Waals surface area (Å²) in [6.07, 6.45) is 19.3. The number of hydrogen-bond acceptors (Lipinski definition) is 6. The molecule has 0 atom stereocenters. The van der Waals surface area contributed by atoms with E-state index >= 15 is 0 Å². The summed E-state index contributed by atoms with van der Waals surface area (Å²) in [5.74, 6) is 0. The predicted octanol–water partition coefficient (Wildman–Crippen LogP) is 10.6. The number of rotatable bonds is 34. The Morgan fingerprint density at radius 3 is 0.922 bits per heavy atom. The summed E-state index contributed by atoms with van der Waals surface area (Å²) >= 11 is 0. The molecule has 3 aromatic carbocycles. The number of unbranched alkanes of at least 4 members (excludes halogenated alkanes) is 13. The topological polar surface area (TPSA) is 55.4 Å². The van der Waals surface area contributed by atoms with Gasteiger partial charge in [0.25, 0.3) is 0 Å². The molecule has 6 nitrogen and oxygen atoms in total. The van der Waals surface area contributed by atoms with Gasteiger partial charge in [-0.3, -0.25) is 0 Å². The van der Waals surface area contributed by atoms with Crippen LogP contribution >= 0.6 is 0 Å². The van der Waals surface area contributed by atoms with Crippen LogP contribution in [-0.2, 0) is 34.0 Å². The first kappa shape index (κ1) is 42.8. The molecule has 0 saturated carbocycles. The second-order valence-corrected chi connectivity index (χ2v) is 13.3. The van der Waals surface area contributed by atoms with Gasteiger partial charge in [0.2, 0.25) is 0 Å². The summed E-state index contributed by atoms with van der Waals surface area (Å²) in [6.45, 7) is 8.50. The first-order chi connectivity index (χ1) is 25.4. The Labute approximate surface area is 310 Å². The van der Waals surface area contributed by atoms with Crippen molar-refractivity contribution in [1.82, 2.24) is 0 Å². The fourth-order valence-corrected chi connectivity index (χ4v) is 6.40. The summed E-state index contributed by atoms with van der Waals surface area (Å²) in [5, 5.41) is 0. The normalized spacial score (nSPS) is 11.7. The van der Waals surface area contributed by atoms with Crippen molar-refractivity contribution in [1.29, 1.82) is 0 Å². The minimum Gasteiger partial charge on any atom is -0.379 e. The maximum absolute atomic E-state index is 6.74. The van der Waals surface area contributed by atoms with Crippen LogP contribution in [0, 0.1) is 0 Å². The highest BCUT2D eigenvalue weighted by Gasteiger charge is 2.37. The van der Waals surface area contributed by atoms with Crippen LogP contribution in [0.1, 0.15) is 114 Å². The van der Waals surface area contributed by atoms with Gasteiger partial charge in [0, 0.05) is 6.61 Å². The highest BCUT2D eigenvalue weighted by Crippen LogP contribution is 2.40. The molecule has 0 amide bonds. The third kappa shape index (κ3) is 18.7. The Bertz CT molecular complexity index is 1060. The Morgan fingerprint density at radius 2 is 0.588 bits per heavy atom. The molecule has 3 rings (SSSR count). The number of hydrogen-bond donors (Lipinski definition) is 0. The van der Waals surface area contributed by atoms with Crippen LogP contribution in [0.3, 0.4) is 0 Å². The summed E-state index contributed by atoms with van der Waals surface area (Å²) in [5.41, 5.74) is 2.52. The Balaban J connectivity index is 1.10. The fraction of sp³-hybridized carbons (Fsp3) is 0.600. The van der Waals surface area contributed by atoms with E-state index in [9.17, 15) is 0 Å². The molecule has 3 aromatic rings. The lowest BCUT2D eigenvalue weighted by molar-refractivity contribution is -0.0391. The van der Waals surface area contributed by atoms with Crippen LogP contribution in [0.25, 0.3) is 0 Å². The lowest BCUT2D eigenvalue weighted by atomic mass is 9.80. The number of ether oxygens (including phenoxy) is 6. The summed E-state index contributed by atoms with van der Waals surface area (Å²) in [4.78, 5) is 0. The molecule has 0 N–H and O–H groups in total. The van der Waals surface area contributed by atoms with Crippen molar-refractivity contribution in [3.8, 4) is 0 Å². The van der Waals surface area contributed by atoms with Gasteiger partial charge in [-0.15, -0.1) is 0 Å². The van der Waals surface area contributed by atoms with Crippen LogP contribution in [0.15, 0.2) is 91.0 Å². The van der Waals surface area contributed by atoms with Gasteiger partial charge in [0.15, 0.2) is 0 Å². The van der Waals surface area contributed by atoms with Crippen molar-refractivity contribution in [2.75, 3.05) is 72.7 Å². The van der Waals surface area contributed by atoms with Crippen LogP contribution in [0.2, 0.25) is 0 Å². The molecule has 0 aromatic heterocycles. The highest BCUT2D eigenvalue weighted by molar-refractivity contribution is 5.47. The van der Waals surface area contributed by atoms with E-state index in [1.807, 2.05) is 18.2 Å². The average Bonchev–Trinajstić information content (AvgIpc) is 3.18. The van der Waals surface area contributed by atoms with Gasteiger partial charge >= 0.3 is 0 Å². The van der Waals surface area contributed by atoms with Crippen LogP contribution in [-0.4, -0.2) is 72.7 Å². The summed E-state index contributed by atoms with van der Waals surface area (Å²) < 4.78 is 35.3. The summed E-state index contributed by atoms with van der Waals surface area (Å²) in [7, 11) is 0. The van der Waals surface area contributed by atoms with Crippen molar-refractivity contribution < 1.29 is 28.4 Å². The quantitative estimate of drug-likeness (QED) is 0.0456. The van der Waals surface area contributed by atoms with Gasteiger partial charge < -0.3 is 28.4 Å². The van der Waals surface area contributed by atoms with E-state index in [2.05, 4.69) is 79.7 Å². The lowest BCUT2D eigenvalue weighted by Gasteiger charge is -2.36. The van der Waals surface area contributed by atoms with Crippen molar-refractivity contribution in [3.63, 3.8) is 0 Å². The van der Waals surface area contributed by atoms with Gasteiger partial charge in [-0.05, 0) is 23.1 Å². The Kier molecular flexibility index (Phi) is 25.1. The van der Waals surface area contributed by atoms with E-state index in [1.54, 1.807) is 0 Å². The molecule has 0 heterocycles. The molecule has 51 heavy (non-hydrogen) atoms. The average molecular weight is 705 g/mol. The van der Waals surface area contributed by atoms with E-state index in [0.717, 1.165) is 29.7 Å². The van der Waals surface area contributed by atoms with Crippen molar-refractivity contribution in [2.45, 2.75) is 102 Å². The molecule has 284 valence electrons. The third-order valence-electron chi connectivity index (χ3n) is 9.22. The van der Waals surface area contributed by atoms with Crippen molar-refractivity contribution in [3.05, 3.63) is 108 Å². The third-order valence-corrected chi connectivity index (χ3v) is 9.22. The Hall–Kier alpha value is -2.58. The molecular weight excluding hydrogens is 636 g/mol. The van der Waals surface area contributed by atoms with Gasteiger partial charge in [-0.25, -0.2) is 0 Å². The molecule has 0 unspecified atom stereocenters. The van der Waals surface area contributed by atoms with Gasteiger partial charge in [-0.2, -0.15) is 0 Å². The Morgan fingerprint density at radius 1 is 0.314 bits per heavy atom. The van der Waals surface area contributed by atoms with Gasteiger partial charge in [-0.1, -0.05) is 181 Å². The van der Waals surface area contributed by atoms with E-state index in [0.29, 0.717) is 66.1 Å². The molecule has 0 spiro atoms. The smallest absolute Gasteiger partial charge is 0.143 e. The first-order valence-corrected chi connectivity index (χ1v) is 20.1. The highest BCUT2D eigenvalue weighted by atomic mass is 16.6. The maximum Gasteiger partial charge on any atom is 0.143 e. The molecule has 0 aliphatic carbocycles. The van der Waals surface area contributed by atoms with Crippen molar-refractivity contribution >= 4 is 0 Å². The molecule has 0 saturated heterocycles. The van der Waals surface area contributed by atoms with Gasteiger partial charge in [0.05, 0.1) is 66.1 Å². The largest absolute Gasteiger partial charge is 0.379 e. The lowest BCUT2D eigenvalue weighted by Crippen LogP contribution is -2.34. The maximum atomic E-state index is 6.74. The minimum absolute atomic E-state index is 0.437. The minimum atomic E-state index is -0.733. The van der Waals surface area contributed by atoms with Crippen LogP contribution in [0.5, 0.6) is 0 Å². The number of benzene rings is 3. The van der Waals surface area contributed by atoms with Crippen LogP contribution in [0.4, 0.5) is 0 Å². The van der Waals surface area contributed by atoms with E-state index in [1.165, 1.54) is 83.5 Å². The first-order valence-electron chi connectivity index (χ1n) is 20.1. The molecule has 6 heteroatoms. The predicted molar refractivity (Wildman–Crippen MR) is 210 cm³/mol. The molecular formula is C45H68O6. The zero-order valence-corrected chi connectivity index (χ0v) is 31.8. The summed E-state index contributed by atoms with van der Waals surface area (Å²) in [6, 6.07) is 31.2. The molecule has 0 aliphatic rings. The van der Waals surface area contributed by atoms with Crippen LogP contribution < -0.4 is 0 Å². The van der Waals surface area contributed by atoms with E-state index in [4.69, 9.17) is 28.4 Å². The molecule has 0 fully saturated rings. The SMILES string of the molecule is CCCCCCCCCCCCCCCCOCCOCCOCCOCCOCCOC(c1ccccc1)(c1ccccc1)c1ccccc1. The zero-order valence-electron chi connectivity index (χ0n) is 31.8. The standard InChI is InChI=1S/C45H68O6/c1-2-3-4-5-6-7-8-9-10-11-12-13-14-24-31-46-32-33-47-34-35-48-36-37-49-38-39-50-40-41-51-45(42-25-18-15-19-26-42,43-27-20-16-21-28-43)44-29-22-17-23-30-44/h15-23,25-30H,2-14,24,31-41H2,1H3. The zero-order chi connectivity index (χ0) is 35.8. The second-order valence-electron chi connectivity index (χ2n) is 13.3. The van der Waals surface area contributed by atoms with Crippen molar-refractivity contribution in [2.24, 2.45) is 0 Å². The monoisotopic (exact) mass is 705 g/mol. The second kappa shape index (κ2) is 29.9. The molecule has 0 radical (unpaired) electrons. The molecule has 0 aliphatic heterocycles. The van der Waals surface area contributed by atoms with E-state index < -0.39 is 5.60 Å². The van der Waals surface area contributed by atoms with Gasteiger partial charge in [0.1, 0.15) is 5.60 Å². The van der Waals surface area contributed by atoms with E-state index in [-0.39, 0.29) is 0 Å². The molecule has 0 bridgehead atoms.